The number of halogens is 1. The number of anilines is 2. The van der Waals surface area contributed by atoms with Crippen LogP contribution in [0.1, 0.15) is 68.4 Å². The molecule has 0 radical (unpaired) electrons. The van der Waals surface area contributed by atoms with Crippen molar-refractivity contribution in [2.24, 2.45) is 0 Å². The highest BCUT2D eigenvalue weighted by Crippen LogP contribution is 2.36. The molecule has 3 heterocycles. The molecule has 14 nitrogen and oxygen atoms in total. The Kier molecular flexibility index (Phi) is 17.3. The van der Waals surface area contributed by atoms with Crippen molar-refractivity contribution in [3.63, 3.8) is 0 Å². The van der Waals surface area contributed by atoms with E-state index in [1.165, 1.54) is 12.1 Å². The predicted molar refractivity (Wildman–Crippen MR) is 224 cm³/mol. The molecule has 15 heteroatoms. The zero-order chi connectivity index (χ0) is 42.1. The highest BCUT2D eigenvalue weighted by atomic mass is 19.1. The van der Waals surface area contributed by atoms with Gasteiger partial charge in [-0.15, -0.1) is 0 Å². The maximum atomic E-state index is 13.9. The molecular weight excluding hydrogens is 776 g/mol. The van der Waals surface area contributed by atoms with Gasteiger partial charge in [0.1, 0.15) is 30.0 Å². The van der Waals surface area contributed by atoms with Gasteiger partial charge in [-0.25, -0.2) is 14.0 Å². The fourth-order valence-corrected chi connectivity index (χ4v) is 8.09. The van der Waals surface area contributed by atoms with E-state index in [1.807, 2.05) is 48.5 Å². The van der Waals surface area contributed by atoms with Gasteiger partial charge in [0.25, 0.3) is 0 Å². The molecule has 0 aliphatic carbocycles. The van der Waals surface area contributed by atoms with Crippen molar-refractivity contribution in [2.75, 3.05) is 88.7 Å². The molecule has 4 unspecified atom stereocenters. The second kappa shape index (κ2) is 23.2. The number of amides is 2. The molecule has 2 saturated heterocycles. The van der Waals surface area contributed by atoms with Crippen molar-refractivity contribution in [1.82, 2.24) is 10.2 Å². The summed E-state index contributed by atoms with van der Waals surface area (Å²) in [5, 5.41) is 30.9. The number of hydrogen-bond donors (Lipinski definition) is 4. The summed E-state index contributed by atoms with van der Waals surface area (Å²) in [4.78, 5) is 32.8. The number of alkyl carbamates (subject to hydrolysis) is 1. The minimum atomic E-state index is -0.622. The van der Waals surface area contributed by atoms with Crippen LogP contribution in [0.2, 0.25) is 0 Å². The molecule has 4 atom stereocenters. The van der Waals surface area contributed by atoms with Crippen LogP contribution < -0.4 is 24.6 Å². The second-order valence-corrected chi connectivity index (χ2v) is 15.6. The lowest BCUT2D eigenvalue weighted by Crippen LogP contribution is -2.59. The highest BCUT2D eigenvalue weighted by molar-refractivity contribution is 5.70. The summed E-state index contributed by atoms with van der Waals surface area (Å²) in [6.07, 6.45) is 3.51. The molecule has 2 amide bonds. The van der Waals surface area contributed by atoms with Crippen LogP contribution in [0, 0.1) is 5.82 Å². The van der Waals surface area contributed by atoms with E-state index in [0.717, 1.165) is 54.1 Å². The summed E-state index contributed by atoms with van der Waals surface area (Å²) in [5.41, 5.74) is 3.53. The van der Waals surface area contributed by atoms with E-state index in [2.05, 4.69) is 15.1 Å². The van der Waals surface area contributed by atoms with Crippen LogP contribution in [0.3, 0.4) is 0 Å². The number of benzene rings is 3. The molecule has 328 valence electrons. The Morgan fingerprint density at radius 1 is 0.817 bits per heavy atom. The first-order chi connectivity index (χ1) is 29.3. The molecule has 6 rings (SSSR count). The third-order valence-electron chi connectivity index (χ3n) is 11.2. The molecule has 2 fully saturated rings. The Labute approximate surface area is 352 Å². The lowest BCUT2D eigenvalue weighted by molar-refractivity contribution is -0.0344. The van der Waals surface area contributed by atoms with Crippen molar-refractivity contribution in [3.8, 4) is 11.5 Å². The average molecular weight is 837 g/mol. The Morgan fingerprint density at radius 3 is 2.33 bits per heavy atom. The molecule has 3 aromatic rings. The number of nitrogens with one attached hydrogen (secondary N) is 1. The van der Waals surface area contributed by atoms with Crippen molar-refractivity contribution in [1.29, 1.82) is 0 Å². The van der Waals surface area contributed by atoms with E-state index < -0.39 is 30.3 Å². The summed E-state index contributed by atoms with van der Waals surface area (Å²) in [6.45, 7) is 4.50. The van der Waals surface area contributed by atoms with Gasteiger partial charge < -0.3 is 59.0 Å². The number of fused-ring (bicyclic) bond motifs is 1. The number of piperidine rings is 1. The fourth-order valence-electron chi connectivity index (χ4n) is 8.09. The number of hydrogen-bond acceptors (Lipinski definition) is 12. The third-order valence-corrected chi connectivity index (χ3v) is 11.2. The lowest BCUT2D eigenvalue weighted by atomic mass is 9.83. The van der Waals surface area contributed by atoms with Crippen LogP contribution in [0.5, 0.6) is 11.5 Å². The molecule has 0 bridgehead atoms. The quantitative estimate of drug-likeness (QED) is 0.0985. The Hall–Kier alpha value is -4.83. The Morgan fingerprint density at radius 2 is 1.58 bits per heavy atom. The van der Waals surface area contributed by atoms with Crippen LogP contribution in [0.25, 0.3) is 0 Å². The van der Waals surface area contributed by atoms with Crippen LogP contribution in [0.15, 0.2) is 66.7 Å². The summed E-state index contributed by atoms with van der Waals surface area (Å²) < 4.78 is 44.2. The maximum Gasteiger partial charge on any atom is 0.409 e. The van der Waals surface area contributed by atoms with Crippen LogP contribution in [-0.2, 0) is 20.8 Å². The van der Waals surface area contributed by atoms with Gasteiger partial charge in [-0.2, -0.15) is 0 Å². The van der Waals surface area contributed by atoms with E-state index in [4.69, 9.17) is 28.8 Å². The third kappa shape index (κ3) is 12.8. The van der Waals surface area contributed by atoms with Gasteiger partial charge in [-0.1, -0.05) is 24.3 Å². The molecule has 0 spiro atoms. The van der Waals surface area contributed by atoms with Gasteiger partial charge in [0.2, 0.25) is 0 Å². The minimum absolute atomic E-state index is 0.0732. The standard InChI is InChI=1S/C45H61FN4O10/c46-35-9-7-10-36(28-35)49-19-17-38(29-49)60-37-14-12-34(13-15-37)43-39(47-44(54)57-24-5-1-3-21-51)30-50(45(55)58-25-6-2-4-22-52)31-42(43)59-32-33-11-16-41-40(27-33)48(18-8-23-53)20-26-56-41/h7,9-16,27-28,38-39,42-43,51-53H,1-6,8,17-26,29-32H2,(H,47,54). The largest absolute Gasteiger partial charge is 0.490 e. The van der Waals surface area contributed by atoms with Gasteiger partial charge in [0.15, 0.2) is 0 Å². The highest BCUT2D eigenvalue weighted by Gasteiger charge is 2.42. The van der Waals surface area contributed by atoms with Gasteiger partial charge in [-0.05, 0) is 98.5 Å². The summed E-state index contributed by atoms with van der Waals surface area (Å²) in [6, 6.07) is 19.6. The number of likely N-dealkylation sites (tertiary alicyclic amines) is 1. The first-order valence-corrected chi connectivity index (χ1v) is 21.4. The average Bonchev–Trinajstić information content (AvgIpc) is 3.73. The zero-order valence-electron chi connectivity index (χ0n) is 34.4. The van der Waals surface area contributed by atoms with Crippen molar-refractivity contribution >= 4 is 23.6 Å². The van der Waals surface area contributed by atoms with E-state index >= 15 is 0 Å². The first-order valence-electron chi connectivity index (χ1n) is 21.4. The topological polar surface area (TPSA) is 163 Å². The van der Waals surface area contributed by atoms with Crippen molar-refractivity contribution in [3.05, 3.63) is 83.7 Å². The fraction of sp³-hybridized carbons (Fsp3) is 0.556. The van der Waals surface area contributed by atoms with Crippen molar-refractivity contribution in [2.45, 2.75) is 82.1 Å². The Bertz CT molecular complexity index is 1790. The molecule has 4 N–H and O–H groups in total. The number of carbonyl (C=O) groups is 2. The molecule has 0 aromatic heterocycles. The van der Waals surface area contributed by atoms with E-state index in [0.29, 0.717) is 64.1 Å². The number of nitrogens with zero attached hydrogens (tertiary/aromatic N) is 3. The van der Waals surface area contributed by atoms with E-state index in [1.54, 1.807) is 11.0 Å². The van der Waals surface area contributed by atoms with Crippen molar-refractivity contribution < 1.29 is 53.0 Å². The maximum absolute atomic E-state index is 13.9. The van der Waals surface area contributed by atoms with Gasteiger partial charge >= 0.3 is 12.2 Å². The smallest absolute Gasteiger partial charge is 0.409 e. The number of carbonyl (C=O) groups excluding carboxylic acids is 2. The molecular formula is C45H61FN4O10. The van der Waals surface area contributed by atoms with Gasteiger partial charge in [0.05, 0.1) is 57.3 Å². The van der Waals surface area contributed by atoms with E-state index in [9.17, 15) is 24.2 Å². The van der Waals surface area contributed by atoms with Crippen LogP contribution in [-0.4, -0.2) is 130 Å². The van der Waals surface area contributed by atoms with E-state index in [-0.39, 0.29) is 64.7 Å². The molecule has 3 aliphatic heterocycles. The Balaban J connectivity index is 1.22. The summed E-state index contributed by atoms with van der Waals surface area (Å²) >= 11 is 0. The zero-order valence-corrected chi connectivity index (χ0v) is 34.4. The first kappa shape index (κ1) is 44.7. The SMILES string of the molecule is O=C(NC1CN(C(=O)OCCCCCO)CC(OCc2ccc3c(c2)N(CCCO)CCO3)C1c1ccc(OC2CCN(c3cccc(F)c3)C2)cc1)OCCCCCO. The van der Waals surface area contributed by atoms with Crippen LogP contribution >= 0.6 is 0 Å². The normalized spacial score (nSPS) is 20.0. The van der Waals surface area contributed by atoms with Gasteiger partial charge in [0, 0.05) is 57.5 Å². The minimum Gasteiger partial charge on any atom is -0.490 e. The molecule has 60 heavy (non-hydrogen) atoms. The number of rotatable bonds is 21. The number of aliphatic hydroxyl groups excluding tert-OH is 3. The van der Waals surface area contributed by atoms with Crippen LogP contribution in [0.4, 0.5) is 25.4 Å². The number of aliphatic hydroxyl groups is 3. The van der Waals surface area contributed by atoms with Gasteiger partial charge in [-0.3, -0.25) is 0 Å². The summed E-state index contributed by atoms with van der Waals surface area (Å²) in [5.74, 6) is 0.765. The number of unbranched alkanes of at least 4 members (excludes halogenated alkanes) is 4. The lowest BCUT2D eigenvalue weighted by Gasteiger charge is -2.43. The second-order valence-electron chi connectivity index (χ2n) is 15.6. The monoisotopic (exact) mass is 836 g/mol. The number of ether oxygens (including phenoxy) is 5. The molecule has 3 aromatic carbocycles. The molecule has 3 aliphatic rings. The summed E-state index contributed by atoms with van der Waals surface area (Å²) in [7, 11) is 0. The predicted octanol–water partition coefficient (Wildman–Crippen LogP) is 5.61. The molecule has 0 saturated carbocycles.